The highest BCUT2D eigenvalue weighted by molar-refractivity contribution is 5.97. The molecule has 0 aliphatic carbocycles. The molecule has 86 valence electrons. The van der Waals surface area contributed by atoms with Gasteiger partial charge in [-0.15, -0.1) is 0 Å². The molecule has 0 aliphatic rings. The molecule has 0 radical (unpaired) electrons. The number of carboxylic acids is 1. The average Bonchev–Trinajstić information content (AvgIpc) is 2.17. The second-order valence-electron chi connectivity index (χ2n) is 3.76. The highest BCUT2D eigenvalue weighted by Gasteiger charge is 2.30. The molecule has 0 spiro atoms. The molecule has 6 heteroatoms. The van der Waals surface area contributed by atoms with Gasteiger partial charge in [-0.05, 0) is 26.0 Å². The third kappa shape index (κ3) is 2.47. The fourth-order valence-corrected chi connectivity index (χ4v) is 0.968. The molecule has 0 atom stereocenters. The monoisotopic (exact) mass is 224 g/mol. The number of nitrogens with one attached hydrogen (secondary N) is 1. The number of aliphatic carboxylic acids is 1. The van der Waals surface area contributed by atoms with Gasteiger partial charge < -0.3 is 15.5 Å². The van der Waals surface area contributed by atoms with Gasteiger partial charge in [0.05, 0.1) is 0 Å². The van der Waals surface area contributed by atoms with Crippen LogP contribution in [0.1, 0.15) is 24.3 Å². The Balaban J connectivity index is 2.89. The van der Waals surface area contributed by atoms with E-state index in [2.05, 4.69) is 10.3 Å². The standard InChI is InChI=1S/C10H12N2O4/c1-10(2,9(15)16)12-8(14)7-6(13)4-3-5-11-7/h3-5,13H,1-2H3,(H,12,14)(H,15,16). The summed E-state index contributed by atoms with van der Waals surface area (Å²) >= 11 is 0. The third-order valence-electron chi connectivity index (χ3n) is 1.96. The predicted octanol–water partition coefficient (Wildman–Crippen LogP) is 0.380. The molecule has 3 N–H and O–H groups in total. The number of carboxylic acid groups (broad SMARTS) is 1. The van der Waals surface area contributed by atoms with E-state index in [-0.39, 0.29) is 11.4 Å². The zero-order chi connectivity index (χ0) is 12.3. The minimum atomic E-state index is -1.42. The lowest BCUT2D eigenvalue weighted by atomic mass is 10.1. The number of carbonyl (C=O) groups excluding carboxylic acids is 1. The summed E-state index contributed by atoms with van der Waals surface area (Å²) in [5, 5.41) is 20.4. The second kappa shape index (κ2) is 4.18. The Hall–Kier alpha value is -2.11. The molecule has 0 aromatic carbocycles. The van der Waals surface area contributed by atoms with Gasteiger partial charge in [0.2, 0.25) is 0 Å². The van der Waals surface area contributed by atoms with E-state index in [1.807, 2.05) is 0 Å². The highest BCUT2D eigenvalue weighted by Crippen LogP contribution is 2.13. The maximum Gasteiger partial charge on any atom is 0.328 e. The van der Waals surface area contributed by atoms with Crippen LogP contribution in [0.2, 0.25) is 0 Å². The Morgan fingerprint density at radius 3 is 2.56 bits per heavy atom. The first-order valence-electron chi connectivity index (χ1n) is 4.54. The van der Waals surface area contributed by atoms with Gasteiger partial charge >= 0.3 is 5.97 Å². The van der Waals surface area contributed by atoms with E-state index in [4.69, 9.17) is 5.11 Å². The Labute approximate surface area is 91.9 Å². The summed E-state index contributed by atoms with van der Waals surface area (Å²) in [7, 11) is 0. The lowest BCUT2D eigenvalue weighted by Gasteiger charge is -2.20. The maximum absolute atomic E-state index is 11.6. The number of aromatic hydroxyl groups is 1. The molecule has 6 nitrogen and oxygen atoms in total. The maximum atomic E-state index is 11.6. The van der Waals surface area contributed by atoms with Crippen molar-refractivity contribution in [3.05, 3.63) is 24.0 Å². The molecule has 16 heavy (non-hydrogen) atoms. The first kappa shape index (κ1) is 12.0. The summed E-state index contributed by atoms with van der Waals surface area (Å²) in [5.74, 6) is -2.19. The van der Waals surface area contributed by atoms with Crippen LogP contribution in [0.25, 0.3) is 0 Å². The number of hydrogen-bond acceptors (Lipinski definition) is 4. The van der Waals surface area contributed by atoms with E-state index < -0.39 is 17.4 Å². The van der Waals surface area contributed by atoms with E-state index in [1.54, 1.807) is 0 Å². The van der Waals surface area contributed by atoms with E-state index >= 15 is 0 Å². The number of rotatable bonds is 3. The number of nitrogens with zero attached hydrogens (tertiary/aromatic N) is 1. The molecule has 0 unspecified atom stereocenters. The van der Waals surface area contributed by atoms with Crippen molar-refractivity contribution in [3.8, 4) is 5.75 Å². The van der Waals surface area contributed by atoms with Crippen molar-refractivity contribution in [3.63, 3.8) is 0 Å². The SMILES string of the molecule is CC(C)(NC(=O)c1ncccc1O)C(=O)O. The van der Waals surface area contributed by atoms with E-state index in [0.717, 1.165) is 0 Å². The van der Waals surface area contributed by atoms with Gasteiger partial charge in [-0.2, -0.15) is 0 Å². The van der Waals surface area contributed by atoms with Crippen LogP contribution in [0.15, 0.2) is 18.3 Å². The molecule has 1 aromatic rings. The summed E-state index contributed by atoms with van der Waals surface area (Å²) in [6.07, 6.45) is 1.34. The Kier molecular flexibility index (Phi) is 3.12. The molecular formula is C10H12N2O4. The summed E-state index contributed by atoms with van der Waals surface area (Å²) < 4.78 is 0. The minimum absolute atomic E-state index is 0.197. The molecule has 0 fully saturated rings. The lowest BCUT2D eigenvalue weighted by Crippen LogP contribution is -2.49. The van der Waals surface area contributed by atoms with E-state index in [1.165, 1.54) is 32.2 Å². The first-order chi connectivity index (χ1) is 7.34. The van der Waals surface area contributed by atoms with Gasteiger partial charge in [-0.3, -0.25) is 4.79 Å². The largest absolute Gasteiger partial charge is 0.505 e. The van der Waals surface area contributed by atoms with Crippen molar-refractivity contribution in [2.75, 3.05) is 0 Å². The zero-order valence-corrected chi connectivity index (χ0v) is 8.89. The Morgan fingerprint density at radius 2 is 2.06 bits per heavy atom. The molecule has 0 saturated carbocycles. The smallest absolute Gasteiger partial charge is 0.328 e. The molecule has 1 amide bonds. The molecule has 0 aliphatic heterocycles. The molecule has 1 aromatic heterocycles. The van der Waals surface area contributed by atoms with Crippen molar-refractivity contribution < 1.29 is 19.8 Å². The highest BCUT2D eigenvalue weighted by atomic mass is 16.4. The summed E-state index contributed by atoms with van der Waals surface area (Å²) in [4.78, 5) is 26.0. The van der Waals surface area contributed by atoms with Crippen LogP contribution >= 0.6 is 0 Å². The molecule has 0 bridgehead atoms. The van der Waals surface area contributed by atoms with Crippen LogP contribution in [0, 0.1) is 0 Å². The quantitative estimate of drug-likeness (QED) is 0.689. The lowest BCUT2D eigenvalue weighted by molar-refractivity contribution is -0.143. The Morgan fingerprint density at radius 1 is 1.44 bits per heavy atom. The molecule has 1 rings (SSSR count). The number of aromatic nitrogens is 1. The fourth-order valence-electron chi connectivity index (χ4n) is 0.968. The van der Waals surface area contributed by atoms with Crippen molar-refractivity contribution in [2.24, 2.45) is 0 Å². The van der Waals surface area contributed by atoms with Gasteiger partial charge in [-0.1, -0.05) is 0 Å². The number of pyridine rings is 1. The number of hydrogen-bond donors (Lipinski definition) is 3. The van der Waals surface area contributed by atoms with E-state index in [9.17, 15) is 14.7 Å². The van der Waals surface area contributed by atoms with Gasteiger partial charge in [-0.25, -0.2) is 9.78 Å². The number of carbonyl (C=O) groups is 2. The predicted molar refractivity (Wildman–Crippen MR) is 55.1 cm³/mol. The fraction of sp³-hybridized carbons (Fsp3) is 0.300. The van der Waals surface area contributed by atoms with Gasteiger partial charge in [0.15, 0.2) is 5.69 Å². The summed E-state index contributed by atoms with van der Waals surface area (Å²) in [6.45, 7) is 2.68. The van der Waals surface area contributed by atoms with Gasteiger partial charge in [0.25, 0.3) is 5.91 Å². The van der Waals surface area contributed by atoms with Crippen molar-refractivity contribution in [1.82, 2.24) is 10.3 Å². The van der Waals surface area contributed by atoms with Crippen LogP contribution in [0.5, 0.6) is 5.75 Å². The summed E-state index contributed by atoms with van der Waals surface area (Å²) in [5.41, 5.74) is -1.61. The van der Waals surface area contributed by atoms with Crippen molar-refractivity contribution in [1.29, 1.82) is 0 Å². The molecular weight excluding hydrogens is 212 g/mol. The van der Waals surface area contributed by atoms with Crippen LogP contribution in [-0.4, -0.2) is 32.6 Å². The van der Waals surface area contributed by atoms with Crippen molar-refractivity contribution in [2.45, 2.75) is 19.4 Å². The first-order valence-corrected chi connectivity index (χ1v) is 4.54. The van der Waals surface area contributed by atoms with Gasteiger partial charge in [0, 0.05) is 6.20 Å². The topological polar surface area (TPSA) is 99.5 Å². The normalized spacial score (nSPS) is 10.9. The van der Waals surface area contributed by atoms with Crippen LogP contribution in [0.3, 0.4) is 0 Å². The third-order valence-corrected chi connectivity index (χ3v) is 1.96. The molecule has 0 saturated heterocycles. The average molecular weight is 224 g/mol. The number of amides is 1. The zero-order valence-electron chi connectivity index (χ0n) is 8.89. The molecule has 1 heterocycles. The van der Waals surface area contributed by atoms with Crippen LogP contribution in [-0.2, 0) is 4.79 Å². The van der Waals surface area contributed by atoms with E-state index in [0.29, 0.717) is 0 Å². The second-order valence-corrected chi connectivity index (χ2v) is 3.76. The van der Waals surface area contributed by atoms with Crippen molar-refractivity contribution >= 4 is 11.9 Å². The Bertz CT molecular complexity index is 429. The van der Waals surface area contributed by atoms with Crippen LogP contribution in [0.4, 0.5) is 0 Å². The summed E-state index contributed by atoms with van der Waals surface area (Å²) in [6, 6.07) is 2.77. The minimum Gasteiger partial charge on any atom is -0.505 e. The van der Waals surface area contributed by atoms with Gasteiger partial charge in [0.1, 0.15) is 11.3 Å². The van der Waals surface area contributed by atoms with Crippen LogP contribution < -0.4 is 5.32 Å².